The van der Waals surface area contributed by atoms with Crippen LogP contribution in [0, 0.1) is 0 Å². The quantitative estimate of drug-likeness (QED) is 0.0274. The molecule has 0 aliphatic carbocycles. The van der Waals surface area contributed by atoms with Gasteiger partial charge >= 0.3 is 0 Å². The van der Waals surface area contributed by atoms with Gasteiger partial charge < -0.3 is 65.1 Å². The molecule has 12 unspecified atom stereocenters. The highest BCUT2D eigenvalue weighted by atomic mass is 16.7. The third kappa shape index (κ3) is 23.0. The fraction of sp³-hybridized carbons (Fsp3) is 0.936. The van der Waals surface area contributed by atoms with Gasteiger partial charge in [-0.05, 0) is 19.3 Å². The second-order valence-electron chi connectivity index (χ2n) is 17.6. The lowest BCUT2D eigenvalue weighted by atomic mass is 9.97. The normalized spacial score (nSPS) is 28.0. The van der Waals surface area contributed by atoms with Crippen molar-refractivity contribution in [2.24, 2.45) is 0 Å². The molecular formula is C47H89NO13. The smallest absolute Gasteiger partial charge is 0.220 e. The van der Waals surface area contributed by atoms with Crippen LogP contribution in [0.2, 0.25) is 0 Å². The first-order chi connectivity index (χ1) is 29.6. The SMILES string of the molecule is CCCCCCC/C=C/C(O)C(COC1OC(CO)C(OC2OC(CO)C(O)C(O)C2O)C(O)C1O)NC(=O)CCCCCCCCCCCCCCCCCCCCCC. The van der Waals surface area contributed by atoms with E-state index in [4.69, 9.17) is 18.9 Å². The highest BCUT2D eigenvalue weighted by Gasteiger charge is 2.51. The summed E-state index contributed by atoms with van der Waals surface area (Å²) in [6.45, 7) is 2.72. The summed E-state index contributed by atoms with van der Waals surface area (Å²) in [5.41, 5.74) is 0. The lowest BCUT2D eigenvalue weighted by Crippen LogP contribution is -2.65. The number of hydrogen-bond acceptors (Lipinski definition) is 13. The van der Waals surface area contributed by atoms with Gasteiger partial charge in [-0.1, -0.05) is 174 Å². The van der Waals surface area contributed by atoms with Crippen LogP contribution in [0.1, 0.15) is 187 Å². The zero-order valence-electron chi connectivity index (χ0n) is 37.9. The van der Waals surface area contributed by atoms with Gasteiger partial charge in [0.2, 0.25) is 5.91 Å². The van der Waals surface area contributed by atoms with Gasteiger partial charge in [-0.15, -0.1) is 0 Å². The largest absolute Gasteiger partial charge is 0.394 e. The van der Waals surface area contributed by atoms with Crippen LogP contribution < -0.4 is 5.32 Å². The first kappa shape index (κ1) is 55.9. The van der Waals surface area contributed by atoms with Crippen LogP contribution in [0.3, 0.4) is 0 Å². The number of carbonyl (C=O) groups is 1. The van der Waals surface area contributed by atoms with E-state index in [1.807, 2.05) is 6.08 Å². The standard InChI is InChI=1S/C47H89NO13/c1-3-5-7-9-11-12-13-14-15-16-17-18-19-20-21-22-23-25-27-29-31-39(52)48-35(36(51)30-28-26-24-10-8-6-4-2)34-58-46-44(57)42(55)45(38(33-50)60-46)61-47-43(56)41(54)40(53)37(32-49)59-47/h28,30,35-38,40-47,49-51,53-57H,3-27,29,31-34H2,1-2H3,(H,48,52)/b30-28+. The number of hydrogen-bond donors (Lipinski definition) is 9. The highest BCUT2D eigenvalue weighted by molar-refractivity contribution is 5.76. The van der Waals surface area contributed by atoms with Crippen LogP contribution in [0.25, 0.3) is 0 Å². The highest BCUT2D eigenvalue weighted by Crippen LogP contribution is 2.30. The molecule has 0 aromatic rings. The predicted octanol–water partition coefficient (Wildman–Crippen LogP) is 5.60. The van der Waals surface area contributed by atoms with Gasteiger partial charge in [-0.25, -0.2) is 0 Å². The Morgan fingerprint density at radius 1 is 0.574 bits per heavy atom. The minimum Gasteiger partial charge on any atom is -0.394 e. The van der Waals surface area contributed by atoms with Crippen molar-refractivity contribution in [2.45, 2.75) is 261 Å². The van der Waals surface area contributed by atoms with Crippen LogP contribution in [0.15, 0.2) is 12.2 Å². The summed E-state index contributed by atoms with van der Waals surface area (Å²) >= 11 is 0. The number of aliphatic hydroxyl groups is 8. The molecule has 1 amide bonds. The lowest BCUT2D eigenvalue weighted by molar-refractivity contribution is -0.359. The molecule has 0 bridgehead atoms. The molecule has 0 radical (unpaired) electrons. The van der Waals surface area contributed by atoms with Gasteiger partial charge in [-0.2, -0.15) is 0 Å². The summed E-state index contributed by atoms with van der Waals surface area (Å²) in [5, 5.41) is 86.3. The molecule has 9 N–H and O–H groups in total. The number of carbonyl (C=O) groups excluding carboxylic acids is 1. The molecule has 12 atom stereocenters. The van der Waals surface area contributed by atoms with Gasteiger partial charge in [0.25, 0.3) is 0 Å². The number of ether oxygens (including phenoxy) is 4. The average molecular weight is 876 g/mol. The maximum absolute atomic E-state index is 13.1. The maximum Gasteiger partial charge on any atom is 0.220 e. The topological polar surface area (TPSA) is 228 Å². The van der Waals surface area contributed by atoms with Crippen molar-refractivity contribution < 1.29 is 64.6 Å². The van der Waals surface area contributed by atoms with Gasteiger partial charge in [0.15, 0.2) is 12.6 Å². The van der Waals surface area contributed by atoms with Crippen molar-refractivity contribution in [3.8, 4) is 0 Å². The fourth-order valence-electron chi connectivity index (χ4n) is 8.17. The Morgan fingerprint density at radius 3 is 1.51 bits per heavy atom. The molecule has 14 heteroatoms. The Hall–Kier alpha value is -1.27. The minimum atomic E-state index is -1.78. The van der Waals surface area contributed by atoms with Crippen molar-refractivity contribution in [1.29, 1.82) is 0 Å². The molecule has 2 saturated heterocycles. The van der Waals surface area contributed by atoms with Crippen LogP contribution >= 0.6 is 0 Å². The Morgan fingerprint density at radius 2 is 1.02 bits per heavy atom. The average Bonchev–Trinajstić information content (AvgIpc) is 3.26. The molecular weight excluding hydrogens is 787 g/mol. The van der Waals surface area contributed by atoms with Crippen molar-refractivity contribution in [2.75, 3.05) is 19.8 Å². The lowest BCUT2D eigenvalue weighted by Gasteiger charge is -2.46. The molecule has 2 aliphatic rings. The van der Waals surface area contributed by atoms with E-state index in [1.165, 1.54) is 109 Å². The summed E-state index contributed by atoms with van der Waals surface area (Å²) in [6.07, 6.45) is 18.6. The Balaban J connectivity index is 1.76. The van der Waals surface area contributed by atoms with Gasteiger partial charge in [0.05, 0.1) is 32.0 Å². The summed E-state index contributed by atoms with van der Waals surface area (Å²) in [5.74, 6) is -0.241. The third-order valence-electron chi connectivity index (χ3n) is 12.2. The molecule has 0 aromatic carbocycles. The molecule has 14 nitrogen and oxygen atoms in total. The minimum absolute atomic E-state index is 0.241. The molecule has 61 heavy (non-hydrogen) atoms. The molecule has 2 fully saturated rings. The summed E-state index contributed by atoms with van der Waals surface area (Å²) in [4.78, 5) is 13.1. The summed E-state index contributed by atoms with van der Waals surface area (Å²) in [7, 11) is 0. The van der Waals surface area contributed by atoms with Crippen LogP contribution in [-0.2, 0) is 23.7 Å². The molecule has 360 valence electrons. The molecule has 0 spiro atoms. The van der Waals surface area contributed by atoms with E-state index in [9.17, 15) is 45.6 Å². The predicted molar refractivity (Wildman–Crippen MR) is 235 cm³/mol. The number of aliphatic hydroxyl groups excluding tert-OH is 8. The van der Waals surface area contributed by atoms with E-state index in [0.29, 0.717) is 6.42 Å². The first-order valence-electron chi connectivity index (χ1n) is 24.4. The fourth-order valence-corrected chi connectivity index (χ4v) is 8.17. The number of allylic oxidation sites excluding steroid dienone is 1. The zero-order chi connectivity index (χ0) is 44.7. The molecule has 2 heterocycles. The zero-order valence-corrected chi connectivity index (χ0v) is 37.9. The van der Waals surface area contributed by atoms with E-state index in [0.717, 1.165) is 51.4 Å². The third-order valence-corrected chi connectivity index (χ3v) is 12.2. The first-order valence-corrected chi connectivity index (χ1v) is 24.4. The number of rotatable bonds is 37. The second-order valence-corrected chi connectivity index (χ2v) is 17.6. The monoisotopic (exact) mass is 876 g/mol. The van der Waals surface area contributed by atoms with Crippen LogP contribution in [-0.4, -0.2) is 140 Å². The number of amides is 1. The molecule has 0 saturated carbocycles. The number of unbranched alkanes of at least 4 members (excludes halogenated alkanes) is 24. The van der Waals surface area contributed by atoms with E-state index >= 15 is 0 Å². The van der Waals surface area contributed by atoms with Crippen molar-refractivity contribution in [3.63, 3.8) is 0 Å². The van der Waals surface area contributed by atoms with Gasteiger partial charge in [-0.3, -0.25) is 4.79 Å². The van der Waals surface area contributed by atoms with Gasteiger partial charge in [0.1, 0.15) is 48.8 Å². The molecule has 2 rings (SSSR count). The maximum atomic E-state index is 13.1. The van der Waals surface area contributed by atoms with Gasteiger partial charge in [0, 0.05) is 6.42 Å². The van der Waals surface area contributed by atoms with E-state index in [-0.39, 0.29) is 18.9 Å². The van der Waals surface area contributed by atoms with E-state index in [2.05, 4.69) is 19.2 Å². The van der Waals surface area contributed by atoms with Crippen LogP contribution in [0.4, 0.5) is 0 Å². The van der Waals surface area contributed by atoms with Crippen molar-refractivity contribution >= 4 is 5.91 Å². The van der Waals surface area contributed by atoms with E-state index in [1.54, 1.807) is 6.08 Å². The van der Waals surface area contributed by atoms with E-state index < -0.39 is 86.8 Å². The van der Waals surface area contributed by atoms with Crippen molar-refractivity contribution in [1.82, 2.24) is 5.32 Å². The Labute approximate surface area is 367 Å². The summed E-state index contributed by atoms with van der Waals surface area (Å²) in [6, 6.07) is -0.905. The summed E-state index contributed by atoms with van der Waals surface area (Å²) < 4.78 is 22.6. The molecule has 2 aliphatic heterocycles. The van der Waals surface area contributed by atoms with Crippen LogP contribution in [0.5, 0.6) is 0 Å². The van der Waals surface area contributed by atoms with Crippen molar-refractivity contribution in [3.05, 3.63) is 12.2 Å². The second kappa shape index (κ2) is 35.0. The Kier molecular flexibility index (Phi) is 32.1. The number of nitrogens with one attached hydrogen (secondary N) is 1. The Bertz CT molecular complexity index is 1080. The molecule has 0 aromatic heterocycles.